The average Bonchev–Trinajstić information content (AvgIpc) is 3.11. The Labute approximate surface area is 122 Å². The zero-order valence-corrected chi connectivity index (χ0v) is 12.3. The summed E-state index contributed by atoms with van der Waals surface area (Å²) in [5.41, 5.74) is 3.68. The molecule has 0 saturated carbocycles. The normalized spacial score (nSPS) is 12.4. The number of hydrogen-bond donors (Lipinski definition) is 0. The molecule has 3 rings (SSSR count). The minimum Gasteiger partial charge on any atom is -0.248 e. The van der Waals surface area contributed by atoms with E-state index in [-0.39, 0.29) is 0 Å². The summed E-state index contributed by atoms with van der Waals surface area (Å²) in [6, 6.07) is 12.5. The van der Waals surface area contributed by atoms with Crippen molar-refractivity contribution in [3.05, 3.63) is 70.2 Å². The van der Waals surface area contributed by atoms with Crippen LogP contribution in [0.25, 0.3) is 0 Å². The molecule has 1 aromatic carbocycles. The molecule has 0 fully saturated rings. The lowest BCUT2D eigenvalue weighted by Crippen LogP contribution is -2.00. The highest BCUT2D eigenvalue weighted by molar-refractivity contribution is 7.07. The first-order valence-corrected chi connectivity index (χ1v) is 7.70. The summed E-state index contributed by atoms with van der Waals surface area (Å²) in [5, 5.41) is 12.9. The molecule has 3 nitrogen and oxygen atoms in total. The van der Waals surface area contributed by atoms with Crippen molar-refractivity contribution in [2.24, 2.45) is 0 Å². The summed E-state index contributed by atoms with van der Waals surface area (Å²) in [6.45, 7) is 2.98. The van der Waals surface area contributed by atoms with Crippen LogP contribution in [-0.2, 0) is 13.0 Å². The number of hydrogen-bond acceptors (Lipinski definition) is 3. The Morgan fingerprint density at radius 1 is 1.15 bits per heavy atom. The third-order valence-electron chi connectivity index (χ3n) is 3.37. The van der Waals surface area contributed by atoms with Gasteiger partial charge in [0.05, 0.1) is 12.2 Å². The van der Waals surface area contributed by atoms with Gasteiger partial charge in [0.1, 0.15) is 0 Å². The van der Waals surface area contributed by atoms with Crippen molar-refractivity contribution in [2.45, 2.75) is 25.8 Å². The second-order valence-corrected chi connectivity index (χ2v) is 5.84. The smallest absolute Gasteiger partial charge is 0.0858 e. The number of nitrogens with zero attached hydrogens (tertiary/aromatic N) is 3. The van der Waals surface area contributed by atoms with Crippen LogP contribution in [0.3, 0.4) is 0 Å². The largest absolute Gasteiger partial charge is 0.248 e. The van der Waals surface area contributed by atoms with Crippen LogP contribution in [0.2, 0.25) is 0 Å². The summed E-state index contributed by atoms with van der Waals surface area (Å²) in [6.07, 6.45) is 3.08. The fourth-order valence-corrected chi connectivity index (χ4v) is 2.94. The van der Waals surface area contributed by atoms with Gasteiger partial charge in [0, 0.05) is 12.1 Å². The van der Waals surface area contributed by atoms with Crippen LogP contribution in [-0.4, -0.2) is 15.0 Å². The maximum absolute atomic E-state index is 4.31. The van der Waals surface area contributed by atoms with E-state index in [0.29, 0.717) is 5.92 Å². The Balaban J connectivity index is 1.67. The van der Waals surface area contributed by atoms with Gasteiger partial charge in [-0.2, -0.15) is 11.3 Å². The highest BCUT2D eigenvalue weighted by Crippen LogP contribution is 2.19. The topological polar surface area (TPSA) is 30.7 Å². The van der Waals surface area contributed by atoms with Crippen molar-refractivity contribution in [1.29, 1.82) is 0 Å². The molecule has 2 heterocycles. The summed E-state index contributed by atoms with van der Waals surface area (Å²) in [7, 11) is 0. The molecule has 4 heteroatoms. The highest BCUT2D eigenvalue weighted by Gasteiger charge is 2.11. The SMILES string of the molecule is CC(Cc1ccsc1)c1cn(Cc2ccccc2)nn1. The third-order valence-corrected chi connectivity index (χ3v) is 4.10. The zero-order chi connectivity index (χ0) is 13.8. The Kier molecular flexibility index (Phi) is 3.92. The number of thiophene rings is 1. The van der Waals surface area contributed by atoms with Crippen LogP contribution in [0.1, 0.15) is 29.7 Å². The average molecular weight is 283 g/mol. The summed E-state index contributed by atoms with van der Waals surface area (Å²) in [5.74, 6) is 0.397. The summed E-state index contributed by atoms with van der Waals surface area (Å²) in [4.78, 5) is 0. The fraction of sp³-hybridized carbons (Fsp3) is 0.250. The molecule has 2 aromatic heterocycles. The first-order chi connectivity index (χ1) is 9.81. The molecule has 0 aliphatic heterocycles. The second kappa shape index (κ2) is 6.01. The van der Waals surface area contributed by atoms with Crippen LogP contribution in [0.4, 0.5) is 0 Å². The van der Waals surface area contributed by atoms with Crippen molar-refractivity contribution < 1.29 is 0 Å². The van der Waals surface area contributed by atoms with Gasteiger partial charge in [0.15, 0.2) is 0 Å². The lowest BCUT2D eigenvalue weighted by molar-refractivity contribution is 0.647. The number of rotatable bonds is 5. The van der Waals surface area contributed by atoms with Crippen LogP contribution in [0.5, 0.6) is 0 Å². The van der Waals surface area contributed by atoms with E-state index in [9.17, 15) is 0 Å². The van der Waals surface area contributed by atoms with E-state index >= 15 is 0 Å². The van der Waals surface area contributed by atoms with E-state index in [1.54, 1.807) is 11.3 Å². The lowest BCUT2D eigenvalue weighted by atomic mass is 10.0. The van der Waals surface area contributed by atoms with Crippen LogP contribution >= 0.6 is 11.3 Å². The Morgan fingerprint density at radius 3 is 2.75 bits per heavy atom. The van der Waals surface area contributed by atoms with E-state index in [4.69, 9.17) is 0 Å². The van der Waals surface area contributed by atoms with Gasteiger partial charge in [-0.3, -0.25) is 0 Å². The van der Waals surface area contributed by atoms with Crippen LogP contribution in [0, 0.1) is 0 Å². The Morgan fingerprint density at radius 2 is 2.00 bits per heavy atom. The van der Waals surface area contributed by atoms with Gasteiger partial charge in [-0.05, 0) is 34.4 Å². The molecule has 1 unspecified atom stereocenters. The molecule has 0 aliphatic rings. The molecule has 0 aliphatic carbocycles. The van der Waals surface area contributed by atoms with E-state index in [0.717, 1.165) is 18.7 Å². The van der Waals surface area contributed by atoms with Gasteiger partial charge in [0.2, 0.25) is 0 Å². The van der Waals surface area contributed by atoms with Gasteiger partial charge in [-0.25, -0.2) is 4.68 Å². The number of benzene rings is 1. The van der Waals surface area contributed by atoms with Crippen LogP contribution < -0.4 is 0 Å². The minimum atomic E-state index is 0.397. The summed E-state index contributed by atoms with van der Waals surface area (Å²) >= 11 is 1.74. The molecule has 102 valence electrons. The first-order valence-electron chi connectivity index (χ1n) is 6.76. The van der Waals surface area contributed by atoms with Crippen molar-refractivity contribution in [3.63, 3.8) is 0 Å². The predicted molar refractivity (Wildman–Crippen MR) is 82.0 cm³/mol. The Bertz CT molecular complexity index is 643. The maximum Gasteiger partial charge on any atom is 0.0858 e. The summed E-state index contributed by atoms with van der Waals surface area (Å²) < 4.78 is 1.91. The fourth-order valence-electron chi connectivity index (χ4n) is 2.25. The van der Waals surface area contributed by atoms with Gasteiger partial charge in [-0.1, -0.05) is 42.5 Å². The van der Waals surface area contributed by atoms with E-state index in [2.05, 4.69) is 52.4 Å². The number of aromatic nitrogens is 3. The molecule has 0 radical (unpaired) electrons. The first kappa shape index (κ1) is 13.1. The monoisotopic (exact) mass is 283 g/mol. The van der Waals surface area contributed by atoms with E-state index in [1.165, 1.54) is 11.1 Å². The lowest BCUT2D eigenvalue weighted by Gasteiger charge is -2.05. The third kappa shape index (κ3) is 3.14. The van der Waals surface area contributed by atoms with Crippen molar-refractivity contribution in [2.75, 3.05) is 0 Å². The highest BCUT2D eigenvalue weighted by atomic mass is 32.1. The van der Waals surface area contributed by atoms with Crippen molar-refractivity contribution in [3.8, 4) is 0 Å². The molecule has 0 N–H and O–H groups in total. The predicted octanol–water partition coefficient (Wildman–Crippen LogP) is 3.73. The molecule has 0 saturated heterocycles. The molecule has 1 atom stereocenters. The molecule has 0 spiro atoms. The van der Waals surface area contributed by atoms with Gasteiger partial charge < -0.3 is 0 Å². The molecular formula is C16H17N3S. The van der Waals surface area contributed by atoms with Gasteiger partial charge in [0.25, 0.3) is 0 Å². The standard InChI is InChI=1S/C16H17N3S/c1-13(9-15-7-8-20-12-15)16-11-19(18-17-16)10-14-5-3-2-4-6-14/h2-8,11-13H,9-10H2,1H3. The Hall–Kier alpha value is -1.94. The maximum atomic E-state index is 4.31. The molecule has 20 heavy (non-hydrogen) atoms. The molecular weight excluding hydrogens is 266 g/mol. The van der Waals surface area contributed by atoms with Gasteiger partial charge in [-0.15, -0.1) is 5.10 Å². The van der Waals surface area contributed by atoms with E-state index in [1.807, 2.05) is 22.9 Å². The van der Waals surface area contributed by atoms with Crippen molar-refractivity contribution >= 4 is 11.3 Å². The van der Waals surface area contributed by atoms with Crippen molar-refractivity contribution in [1.82, 2.24) is 15.0 Å². The van der Waals surface area contributed by atoms with Crippen LogP contribution in [0.15, 0.2) is 53.4 Å². The molecule has 0 amide bonds. The zero-order valence-electron chi connectivity index (χ0n) is 11.4. The minimum absolute atomic E-state index is 0.397. The van der Waals surface area contributed by atoms with Gasteiger partial charge >= 0.3 is 0 Å². The molecule has 0 bridgehead atoms. The second-order valence-electron chi connectivity index (χ2n) is 5.06. The molecule has 3 aromatic rings. The van der Waals surface area contributed by atoms with E-state index < -0.39 is 0 Å². The quantitative estimate of drug-likeness (QED) is 0.714.